The molecule has 30 heavy (non-hydrogen) atoms. The van der Waals surface area contributed by atoms with Gasteiger partial charge in [0.2, 0.25) is 0 Å². The number of imidazole rings is 1. The molecule has 8 nitrogen and oxygen atoms in total. The van der Waals surface area contributed by atoms with Crippen molar-refractivity contribution < 1.29 is 22.5 Å². The number of hydrogen-bond donors (Lipinski definition) is 1. The summed E-state index contributed by atoms with van der Waals surface area (Å²) >= 11 is 0. The van der Waals surface area contributed by atoms with E-state index in [9.17, 15) is 9.59 Å². The largest absolute Gasteiger partial charge is 1.00 e. The maximum atomic E-state index is 12.5. The van der Waals surface area contributed by atoms with Gasteiger partial charge in [-0.2, -0.15) is 0 Å². The Bertz CT molecular complexity index is 1100. The van der Waals surface area contributed by atoms with Gasteiger partial charge in [0.15, 0.2) is 11.2 Å². The van der Waals surface area contributed by atoms with Gasteiger partial charge in [0, 0.05) is 33.5 Å². The van der Waals surface area contributed by atoms with Crippen LogP contribution < -0.4 is 33.7 Å². The van der Waals surface area contributed by atoms with E-state index in [1.807, 2.05) is 16.7 Å². The number of rotatable bonds is 9. The third-order valence-corrected chi connectivity index (χ3v) is 5.42. The van der Waals surface area contributed by atoms with Crippen LogP contribution in [0, 0.1) is 0 Å². The van der Waals surface area contributed by atoms with Crippen LogP contribution in [-0.4, -0.2) is 38.4 Å². The van der Waals surface area contributed by atoms with Crippen molar-refractivity contribution >= 4 is 11.2 Å². The quantitative estimate of drug-likeness (QED) is 0.374. The number of fused-ring (bicyclic) bond motifs is 1. The predicted octanol–water partition coefficient (Wildman–Crippen LogP) is -2.58. The van der Waals surface area contributed by atoms with Gasteiger partial charge in [-0.1, -0.05) is 12.1 Å². The minimum absolute atomic E-state index is 0. The Morgan fingerprint density at radius 2 is 1.97 bits per heavy atom. The fraction of sp³-hybridized carbons (Fsp3) is 0.476. The van der Waals surface area contributed by atoms with Gasteiger partial charge in [-0.05, 0) is 31.0 Å². The van der Waals surface area contributed by atoms with E-state index >= 15 is 0 Å². The lowest BCUT2D eigenvalue weighted by Crippen LogP contribution is -3.00. The zero-order valence-electron chi connectivity index (χ0n) is 18.0. The zero-order chi connectivity index (χ0) is 21.0. The van der Waals surface area contributed by atoms with E-state index in [1.165, 1.54) is 17.2 Å². The van der Waals surface area contributed by atoms with Gasteiger partial charge in [-0.3, -0.25) is 13.9 Å². The first kappa shape index (κ1) is 23.7. The summed E-state index contributed by atoms with van der Waals surface area (Å²) in [5.74, 6) is 0.899. The summed E-state index contributed by atoms with van der Waals surface area (Å²) in [5.41, 5.74) is 1.56. The number of aryl methyl sites for hydroxylation is 3. The van der Waals surface area contributed by atoms with Crippen molar-refractivity contribution in [1.82, 2.24) is 18.7 Å². The number of benzene rings is 1. The number of quaternary nitrogens is 1. The van der Waals surface area contributed by atoms with Gasteiger partial charge in [0.1, 0.15) is 5.75 Å². The molecule has 0 saturated carbocycles. The Morgan fingerprint density at radius 3 is 2.70 bits per heavy atom. The topological polar surface area (TPSA) is 87.7 Å². The van der Waals surface area contributed by atoms with E-state index in [0.29, 0.717) is 23.8 Å². The van der Waals surface area contributed by atoms with Crippen LogP contribution in [0.4, 0.5) is 0 Å². The van der Waals surface area contributed by atoms with E-state index < -0.39 is 0 Å². The minimum Gasteiger partial charge on any atom is -1.00 e. The van der Waals surface area contributed by atoms with E-state index in [2.05, 4.69) is 29.4 Å². The third kappa shape index (κ3) is 5.12. The molecule has 2 heterocycles. The average molecular weight is 436 g/mol. The molecule has 0 spiro atoms. The summed E-state index contributed by atoms with van der Waals surface area (Å²) in [6.45, 7) is 3.93. The molecule has 2 aromatic heterocycles. The number of halogens is 1. The maximum absolute atomic E-state index is 12.5. The minimum atomic E-state index is -0.356. The SMILES string of the molecule is COc1cccc(CCC[NH2+]C(C)CCn2cnc3c2c(=O)n(C)c(=O)n3C)c1.[Cl-]. The molecule has 0 fully saturated rings. The second kappa shape index (κ2) is 10.4. The molecule has 0 aliphatic rings. The van der Waals surface area contributed by atoms with Crippen LogP contribution in [0.2, 0.25) is 0 Å². The van der Waals surface area contributed by atoms with Gasteiger partial charge in [-0.25, -0.2) is 9.78 Å². The monoisotopic (exact) mass is 435 g/mol. The van der Waals surface area contributed by atoms with Gasteiger partial charge in [0.25, 0.3) is 5.56 Å². The molecular weight excluding hydrogens is 406 g/mol. The molecular formula is C21H30ClN5O3. The molecule has 1 atom stereocenters. The second-order valence-corrected chi connectivity index (χ2v) is 7.56. The Balaban J connectivity index is 0.00000320. The number of aromatic nitrogens is 4. The number of hydrogen-bond acceptors (Lipinski definition) is 4. The summed E-state index contributed by atoms with van der Waals surface area (Å²) in [7, 11) is 4.83. The van der Waals surface area contributed by atoms with Crippen LogP contribution in [0.1, 0.15) is 25.3 Å². The third-order valence-electron chi connectivity index (χ3n) is 5.42. The molecule has 0 aliphatic heterocycles. The van der Waals surface area contributed by atoms with Crippen LogP contribution in [-0.2, 0) is 27.1 Å². The molecule has 1 unspecified atom stereocenters. The van der Waals surface area contributed by atoms with E-state index in [1.54, 1.807) is 20.5 Å². The summed E-state index contributed by atoms with van der Waals surface area (Å²) in [5, 5.41) is 2.34. The van der Waals surface area contributed by atoms with E-state index in [0.717, 1.165) is 36.1 Å². The Kier molecular flexibility index (Phi) is 8.25. The molecule has 0 aliphatic carbocycles. The summed E-state index contributed by atoms with van der Waals surface area (Å²) in [6.07, 6.45) is 4.68. The van der Waals surface area contributed by atoms with Crippen molar-refractivity contribution in [3.63, 3.8) is 0 Å². The molecule has 3 rings (SSSR count). The first-order chi connectivity index (χ1) is 13.9. The summed E-state index contributed by atoms with van der Waals surface area (Å²) in [4.78, 5) is 28.8. The molecule has 0 bridgehead atoms. The standard InChI is InChI=1S/C21H29N5O3.ClH/c1-15(22-11-6-8-16-7-5-9-17(13-16)29-4)10-12-26-14-23-19-18(26)20(27)25(3)21(28)24(19)2;/h5,7,9,13-15,22H,6,8,10-12H2,1-4H3;1H. The van der Waals surface area contributed by atoms with Gasteiger partial charge in [0.05, 0.1) is 26.0 Å². The number of ether oxygens (including phenoxy) is 1. The van der Waals surface area contributed by atoms with Crippen molar-refractivity contribution in [1.29, 1.82) is 0 Å². The normalized spacial score (nSPS) is 12.0. The first-order valence-electron chi connectivity index (χ1n) is 9.99. The molecule has 2 N–H and O–H groups in total. The summed E-state index contributed by atoms with van der Waals surface area (Å²) < 4.78 is 9.68. The molecule has 1 aromatic carbocycles. The Hall–Kier alpha value is -2.58. The van der Waals surface area contributed by atoms with Crippen LogP contribution in [0.3, 0.4) is 0 Å². The molecule has 0 amide bonds. The first-order valence-corrected chi connectivity index (χ1v) is 9.99. The van der Waals surface area contributed by atoms with Crippen LogP contribution in [0.5, 0.6) is 5.75 Å². The number of nitrogens with zero attached hydrogens (tertiary/aromatic N) is 4. The fourth-order valence-electron chi connectivity index (χ4n) is 3.56. The van der Waals surface area contributed by atoms with Crippen molar-refractivity contribution in [2.45, 2.75) is 38.8 Å². The molecule has 9 heteroatoms. The lowest BCUT2D eigenvalue weighted by Gasteiger charge is -2.12. The van der Waals surface area contributed by atoms with Crippen LogP contribution in [0.15, 0.2) is 40.2 Å². The molecule has 0 saturated heterocycles. The van der Waals surface area contributed by atoms with Crippen LogP contribution in [0.25, 0.3) is 11.2 Å². The summed E-state index contributed by atoms with van der Waals surface area (Å²) in [6, 6.07) is 8.62. The lowest BCUT2D eigenvalue weighted by atomic mass is 10.1. The predicted molar refractivity (Wildman–Crippen MR) is 112 cm³/mol. The van der Waals surface area contributed by atoms with Crippen LogP contribution >= 0.6 is 0 Å². The number of nitrogens with two attached hydrogens (primary N) is 1. The Labute approximate surface area is 181 Å². The lowest BCUT2D eigenvalue weighted by molar-refractivity contribution is -0.687. The van der Waals surface area contributed by atoms with Gasteiger partial charge >= 0.3 is 5.69 Å². The highest BCUT2D eigenvalue weighted by Crippen LogP contribution is 2.13. The Morgan fingerprint density at radius 1 is 1.20 bits per heavy atom. The highest BCUT2D eigenvalue weighted by atomic mass is 35.5. The molecule has 164 valence electrons. The van der Waals surface area contributed by atoms with Gasteiger partial charge < -0.3 is 27.0 Å². The second-order valence-electron chi connectivity index (χ2n) is 7.56. The van der Waals surface area contributed by atoms with Crippen molar-refractivity contribution in [2.24, 2.45) is 14.1 Å². The van der Waals surface area contributed by atoms with E-state index in [4.69, 9.17) is 4.74 Å². The molecule has 3 aromatic rings. The molecule has 0 radical (unpaired) electrons. The fourth-order valence-corrected chi connectivity index (χ4v) is 3.56. The maximum Gasteiger partial charge on any atom is 0.332 e. The average Bonchev–Trinajstić information content (AvgIpc) is 3.16. The van der Waals surface area contributed by atoms with Crippen molar-refractivity contribution in [2.75, 3.05) is 13.7 Å². The van der Waals surface area contributed by atoms with Crippen molar-refractivity contribution in [3.8, 4) is 5.75 Å². The van der Waals surface area contributed by atoms with Crippen molar-refractivity contribution in [3.05, 3.63) is 57.0 Å². The van der Waals surface area contributed by atoms with E-state index in [-0.39, 0.29) is 23.7 Å². The van der Waals surface area contributed by atoms with Gasteiger partial charge in [-0.15, -0.1) is 0 Å². The zero-order valence-corrected chi connectivity index (χ0v) is 18.7. The number of methoxy groups -OCH3 is 1. The highest BCUT2D eigenvalue weighted by molar-refractivity contribution is 5.69. The smallest absolute Gasteiger partial charge is 0.332 e. The highest BCUT2D eigenvalue weighted by Gasteiger charge is 2.15.